The van der Waals surface area contributed by atoms with Crippen molar-refractivity contribution in [2.24, 2.45) is 5.73 Å². The highest BCUT2D eigenvalue weighted by atomic mass is 32.2. The highest BCUT2D eigenvalue weighted by Crippen LogP contribution is 2.29. The van der Waals surface area contributed by atoms with E-state index in [1.54, 1.807) is 11.8 Å². The summed E-state index contributed by atoms with van der Waals surface area (Å²) in [5, 5.41) is 2.97. The maximum atomic E-state index is 12.7. The van der Waals surface area contributed by atoms with Gasteiger partial charge in [0.15, 0.2) is 0 Å². The third kappa shape index (κ3) is 5.70. The van der Waals surface area contributed by atoms with Crippen molar-refractivity contribution in [3.8, 4) is 0 Å². The van der Waals surface area contributed by atoms with Gasteiger partial charge >= 0.3 is 6.18 Å². The molecule has 1 rings (SSSR count). The molecule has 0 spiro atoms. The SMILES string of the molecule is CCSCCC(C)Nc1nc(C(F)(F)F)ccc1C(N)=S. The maximum Gasteiger partial charge on any atom is 0.433 e. The molecule has 0 bridgehead atoms. The molecule has 0 saturated carbocycles. The molecule has 1 aromatic heterocycles. The van der Waals surface area contributed by atoms with E-state index in [2.05, 4.69) is 17.2 Å². The summed E-state index contributed by atoms with van der Waals surface area (Å²) >= 11 is 6.63. The molecule has 0 radical (unpaired) electrons. The van der Waals surface area contributed by atoms with Crippen LogP contribution in [0.1, 0.15) is 31.5 Å². The van der Waals surface area contributed by atoms with Crippen LogP contribution in [0.4, 0.5) is 19.0 Å². The van der Waals surface area contributed by atoms with Crippen molar-refractivity contribution in [1.82, 2.24) is 4.98 Å². The third-order valence-electron chi connectivity index (χ3n) is 2.73. The number of pyridine rings is 1. The third-order valence-corrected chi connectivity index (χ3v) is 3.89. The zero-order valence-corrected chi connectivity index (χ0v) is 13.5. The van der Waals surface area contributed by atoms with Gasteiger partial charge in [-0.25, -0.2) is 4.98 Å². The van der Waals surface area contributed by atoms with Crippen LogP contribution in [0.3, 0.4) is 0 Å². The summed E-state index contributed by atoms with van der Waals surface area (Å²) in [4.78, 5) is 3.65. The van der Waals surface area contributed by atoms with Crippen LogP contribution < -0.4 is 11.1 Å². The number of thiocarbonyl (C=S) groups is 1. The van der Waals surface area contributed by atoms with Gasteiger partial charge in [0.25, 0.3) is 0 Å². The molecule has 0 fully saturated rings. The summed E-state index contributed by atoms with van der Waals surface area (Å²) < 4.78 is 38.2. The molecule has 3 nitrogen and oxygen atoms in total. The van der Waals surface area contributed by atoms with Crippen molar-refractivity contribution in [2.75, 3.05) is 16.8 Å². The smallest absolute Gasteiger partial charge is 0.389 e. The minimum absolute atomic E-state index is 0.0202. The zero-order chi connectivity index (χ0) is 16.0. The zero-order valence-electron chi connectivity index (χ0n) is 11.8. The molecule has 8 heteroatoms. The van der Waals surface area contributed by atoms with Crippen molar-refractivity contribution >= 4 is 34.8 Å². The number of alkyl halides is 3. The molecule has 0 aliphatic rings. The lowest BCUT2D eigenvalue weighted by Gasteiger charge is -2.18. The number of nitrogens with zero attached hydrogens (tertiary/aromatic N) is 1. The van der Waals surface area contributed by atoms with Crippen LogP contribution in [0.2, 0.25) is 0 Å². The summed E-state index contributed by atoms with van der Waals surface area (Å²) in [6.07, 6.45) is -3.68. The Bertz CT molecular complexity index is 492. The first kappa shape index (κ1) is 18.0. The second-order valence-electron chi connectivity index (χ2n) is 4.49. The van der Waals surface area contributed by atoms with Crippen LogP contribution in [0.25, 0.3) is 0 Å². The van der Waals surface area contributed by atoms with E-state index in [0.29, 0.717) is 5.56 Å². The van der Waals surface area contributed by atoms with Crippen LogP contribution in [0, 0.1) is 0 Å². The number of halogens is 3. The molecule has 3 N–H and O–H groups in total. The van der Waals surface area contributed by atoms with E-state index in [9.17, 15) is 13.2 Å². The fraction of sp³-hybridized carbons (Fsp3) is 0.538. The number of aromatic nitrogens is 1. The van der Waals surface area contributed by atoms with E-state index in [0.717, 1.165) is 24.0 Å². The first-order valence-electron chi connectivity index (χ1n) is 6.48. The van der Waals surface area contributed by atoms with E-state index in [4.69, 9.17) is 18.0 Å². The van der Waals surface area contributed by atoms with Gasteiger partial charge in [0, 0.05) is 6.04 Å². The van der Waals surface area contributed by atoms with Gasteiger partial charge in [0.05, 0.1) is 5.56 Å². The van der Waals surface area contributed by atoms with Crippen molar-refractivity contribution in [1.29, 1.82) is 0 Å². The molecule has 0 saturated heterocycles. The highest BCUT2D eigenvalue weighted by molar-refractivity contribution is 7.99. The van der Waals surface area contributed by atoms with Gasteiger partial charge in [-0.2, -0.15) is 24.9 Å². The average Bonchev–Trinajstić information content (AvgIpc) is 2.37. The van der Waals surface area contributed by atoms with Gasteiger partial charge in [-0.1, -0.05) is 19.1 Å². The van der Waals surface area contributed by atoms with Crippen molar-refractivity contribution in [2.45, 2.75) is 32.5 Å². The topological polar surface area (TPSA) is 50.9 Å². The van der Waals surface area contributed by atoms with Gasteiger partial charge in [-0.3, -0.25) is 0 Å². The average molecular weight is 337 g/mol. The minimum Gasteiger partial charge on any atom is -0.389 e. The predicted molar refractivity (Wildman–Crippen MR) is 85.8 cm³/mol. The van der Waals surface area contributed by atoms with E-state index >= 15 is 0 Å². The number of nitrogens with one attached hydrogen (secondary N) is 1. The number of rotatable bonds is 7. The normalized spacial score (nSPS) is 13.0. The molecule has 0 aliphatic carbocycles. The molecule has 1 aromatic rings. The van der Waals surface area contributed by atoms with Crippen LogP contribution in [0.15, 0.2) is 12.1 Å². The molecule has 0 aromatic carbocycles. The standard InChI is InChI=1S/C13H18F3N3S2/c1-3-21-7-6-8(2)18-12-9(11(17)20)4-5-10(19-12)13(14,15)16/h4-5,8H,3,6-7H2,1-2H3,(H2,17,20)(H,18,19). The van der Waals surface area contributed by atoms with E-state index < -0.39 is 11.9 Å². The maximum absolute atomic E-state index is 12.7. The minimum atomic E-state index is -4.49. The van der Waals surface area contributed by atoms with Crippen molar-refractivity contribution in [3.05, 3.63) is 23.4 Å². The Morgan fingerprint density at radius 3 is 2.67 bits per heavy atom. The lowest BCUT2D eigenvalue weighted by Crippen LogP contribution is -2.22. The predicted octanol–water partition coefficient (Wildman–Crippen LogP) is 3.68. The summed E-state index contributed by atoms with van der Waals surface area (Å²) in [5.41, 5.74) is 4.91. The van der Waals surface area contributed by atoms with Gasteiger partial charge < -0.3 is 11.1 Å². The first-order valence-corrected chi connectivity index (χ1v) is 8.04. The summed E-state index contributed by atoms with van der Waals surface area (Å²) in [6, 6.07) is 2.12. The Morgan fingerprint density at radius 1 is 1.48 bits per heavy atom. The fourth-order valence-corrected chi connectivity index (χ4v) is 2.61. The molecule has 1 unspecified atom stereocenters. The summed E-state index contributed by atoms with van der Waals surface area (Å²) in [5.74, 6) is 2.02. The number of hydrogen-bond donors (Lipinski definition) is 2. The van der Waals surface area contributed by atoms with Crippen molar-refractivity contribution in [3.63, 3.8) is 0 Å². The van der Waals surface area contributed by atoms with Crippen LogP contribution in [-0.2, 0) is 6.18 Å². The molecule has 21 heavy (non-hydrogen) atoms. The van der Waals surface area contributed by atoms with E-state index in [1.165, 1.54) is 6.07 Å². The summed E-state index contributed by atoms with van der Waals surface area (Å²) in [7, 11) is 0. The van der Waals surface area contributed by atoms with Gasteiger partial charge in [-0.05, 0) is 37.0 Å². The van der Waals surface area contributed by atoms with Crippen LogP contribution >= 0.6 is 24.0 Å². The molecule has 1 atom stereocenters. The second kappa shape index (κ2) is 7.84. The Labute approximate surface area is 131 Å². The number of thioether (sulfide) groups is 1. The van der Waals surface area contributed by atoms with Crippen LogP contribution in [-0.4, -0.2) is 27.5 Å². The van der Waals surface area contributed by atoms with Gasteiger partial charge in [0.2, 0.25) is 0 Å². The molecular weight excluding hydrogens is 319 g/mol. The Kier molecular flexibility index (Phi) is 6.73. The molecule has 118 valence electrons. The number of nitrogens with two attached hydrogens (primary N) is 1. The van der Waals surface area contributed by atoms with Gasteiger partial charge in [-0.15, -0.1) is 0 Å². The Morgan fingerprint density at radius 2 is 2.14 bits per heavy atom. The van der Waals surface area contributed by atoms with Crippen molar-refractivity contribution < 1.29 is 13.2 Å². The molecule has 0 amide bonds. The number of hydrogen-bond acceptors (Lipinski definition) is 4. The summed E-state index contributed by atoms with van der Waals surface area (Å²) in [6.45, 7) is 3.95. The Balaban J connectivity index is 2.93. The van der Waals surface area contributed by atoms with Crippen LogP contribution in [0.5, 0.6) is 0 Å². The lowest BCUT2D eigenvalue weighted by molar-refractivity contribution is -0.141. The van der Waals surface area contributed by atoms with E-state index in [1.807, 2.05) is 6.92 Å². The fourth-order valence-electron chi connectivity index (χ4n) is 1.64. The van der Waals surface area contributed by atoms with Gasteiger partial charge in [0.1, 0.15) is 16.5 Å². The largest absolute Gasteiger partial charge is 0.433 e. The molecule has 1 heterocycles. The molecule has 0 aliphatic heterocycles. The monoisotopic (exact) mass is 337 g/mol. The number of anilines is 1. The Hall–Kier alpha value is -1.02. The first-order chi connectivity index (χ1) is 9.75. The van der Waals surface area contributed by atoms with E-state index in [-0.39, 0.29) is 16.8 Å². The quantitative estimate of drug-likeness (QED) is 0.587. The highest BCUT2D eigenvalue weighted by Gasteiger charge is 2.33. The lowest BCUT2D eigenvalue weighted by atomic mass is 10.2. The molecular formula is C13H18F3N3S2. The second-order valence-corrected chi connectivity index (χ2v) is 6.32.